The van der Waals surface area contributed by atoms with E-state index in [4.69, 9.17) is 15.5 Å². The molecule has 10 heteroatoms. The van der Waals surface area contributed by atoms with E-state index in [1.807, 2.05) is 13.1 Å². The number of nitrogen functional groups attached to an aromatic ring is 1. The molecular formula is C21H29FN8O. The highest BCUT2D eigenvalue weighted by Crippen LogP contribution is 2.22. The smallest absolute Gasteiger partial charge is 0.336 e. The van der Waals surface area contributed by atoms with Gasteiger partial charge >= 0.3 is 6.01 Å². The summed E-state index contributed by atoms with van der Waals surface area (Å²) >= 11 is 0. The van der Waals surface area contributed by atoms with Gasteiger partial charge in [-0.3, -0.25) is 0 Å². The third kappa shape index (κ3) is 4.68. The number of nitrogens with two attached hydrogens (primary N) is 1. The Morgan fingerprint density at radius 1 is 1.26 bits per heavy atom. The number of pyridine rings is 1. The van der Waals surface area contributed by atoms with Crippen molar-refractivity contribution in [2.45, 2.75) is 39.2 Å². The van der Waals surface area contributed by atoms with E-state index in [1.54, 1.807) is 10.7 Å². The van der Waals surface area contributed by atoms with Crippen LogP contribution < -0.4 is 20.7 Å². The van der Waals surface area contributed by atoms with Crippen LogP contribution in [0.4, 0.5) is 16.0 Å². The fourth-order valence-corrected chi connectivity index (χ4v) is 3.88. The van der Waals surface area contributed by atoms with Gasteiger partial charge in [0.05, 0.1) is 11.9 Å². The zero-order valence-corrected chi connectivity index (χ0v) is 18.0. The van der Waals surface area contributed by atoms with E-state index in [-0.39, 0.29) is 11.8 Å². The summed E-state index contributed by atoms with van der Waals surface area (Å²) in [6.07, 6.45) is 5.00. The molecule has 0 amide bonds. The first kappa shape index (κ1) is 21.2. The fraction of sp³-hybridized carbons (Fsp3) is 0.524. The number of ether oxygens (including phenoxy) is 1. The standard InChI is InChI=1S/C21H29FN8O/c1-3-4-17(11-22)31-21-27-18(23)20-26-13-16(30(20)28-21)10-15-9-14(2)19(25-12-15)29-7-5-24-6-8-29/h9,12-13,17,24H,3-8,10-11H2,1-2H3,(H2,23,27,28)/t17-/m1/s1. The minimum atomic E-state index is -0.601. The number of hydrogen-bond donors (Lipinski definition) is 2. The van der Waals surface area contributed by atoms with E-state index in [2.05, 4.69) is 38.3 Å². The second-order valence-electron chi connectivity index (χ2n) is 7.85. The van der Waals surface area contributed by atoms with Crippen LogP contribution in [0.15, 0.2) is 18.5 Å². The molecule has 1 saturated heterocycles. The van der Waals surface area contributed by atoms with Crippen LogP contribution in [0, 0.1) is 6.92 Å². The van der Waals surface area contributed by atoms with E-state index in [1.165, 1.54) is 0 Å². The van der Waals surface area contributed by atoms with Crippen LogP contribution >= 0.6 is 0 Å². The molecule has 0 spiro atoms. The van der Waals surface area contributed by atoms with Crippen LogP contribution in [-0.4, -0.2) is 63.5 Å². The summed E-state index contributed by atoms with van der Waals surface area (Å²) in [5.74, 6) is 1.23. The van der Waals surface area contributed by atoms with Crippen LogP contribution in [0.25, 0.3) is 5.65 Å². The molecule has 4 heterocycles. The molecule has 0 aromatic carbocycles. The second kappa shape index (κ2) is 9.42. The number of halogens is 1. The van der Waals surface area contributed by atoms with Gasteiger partial charge in [-0.2, -0.15) is 4.98 Å². The number of aromatic nitrogens is 5. The molecule has 0 saturated carbocycles. The lowest BCUT2D eigenvalue weighted by atomic mass is 10.1. The minimum absolute atomic E-state index is 0.0590. The van der Waals surface area contributed by atoms with Gasteiger partial charge in [-0.15, -0.1) is 5.10 Å². The van der Waals surface area contributed by atoms with Gasteiger partial charge in [0.25, 0.3) is 0 Å². The molecule has 3 aromatic heterocycles. The van der Waals surface area contributed by atoms with E-state index >= 15 is 0 Å². The van der Waals surface area contributed by atoms with Crippen molar-refractivity contribution in [3.63, 3.8) is 0 Å². The van der Waals surface area contributed by atoms with Crippen molar-refractivity contribution in [3.05, 3.63) is 35.3 Å². The second-order valence-corrected chi connectivity index (χ2v) is 7.85. The minimum Gasteiger partial charge on any atom is -0.456 e. The highest BCUT2D eigenvalue weighted by molar-refractivity contribution is 5.60. The molecule has 3 N–H and O–H groups in total. The van der Waals surface area contributed by atoms with Crippen molar-refractivity contribution in [1.29, 1.82) is 0 Å². The first-order valence-corrected chi connectivity index (χ1v) is 10.7. The summed E-state index contributed by atoms with van der Waals surface area (Å²) < 4.78 is 20.5. The third-order valence-corrected chi connectivity index (χ3v) is 5.40. The summed E-state index contributed by atoms with van der Waals surface area (Å²) in [6, 6.07) is 2.20. The van der Waals surface area contributed by atoms with Crippen molar-refractivity contribution >= 4 is 17.3 Å². The Bertz CT molecular complexity index is 1030. The molecule has 0 aliphatic carbocycles. The maximum atomic E-state index is 13.2. The van der Waals surface area contributed by atoms with Gasteiger partial charge in [-0.05, 0) is 24.5 Å². The molecule has 31 heavy (non-hydrogen) atoms. The van der Waals surface area contributed by atoms with Crippen LogP contribution in [0.2, 0.25) is 0 Å². The molecule has 1 atom stereocenters. The van der Waals surface area contributed by atoms with Crippen molar-refractivity contribution in [3.8, 4) is 6.01 Å². The summed E-state index contributed by atoms with van der Waals surface area (Å²) in [4.78, 5) is 15.5. The lowest BCUT2D eigenvalue weighted by Gasteiger charge is -2.29. The predicted molar refractivity (Wildman–Crippen MR) is 117 cm³/mol. The lowest BCUT2D eigenvalue weighted by Crippen LogP contribution is -2.44. The molecule has 9 nitrogen and oxygen atoms in total. The van der Waals surface area contributed by atoms with Crippen LogP contribution in [0.5, 0.6) is 6.01 Å². The van der Waals surface area contributed by atoms with Crippen molar-refractivity contribution in [1.82, 2.24) is 29.9 Å². The molecular weight excluding hydrogens is 399 g/mol. The van der Waals surface area contributed by atoms with E-state index in [9.17, 15) is 4.39 Å². The Balaban J connectivity index is 1.57. The zero-order chi connectivity index (χ0) is 21.8. The van der Waals surface area contributed by atoms with Crippen molar-refractivity contribution < 1.29 is 9.13 Å². The van der Waals surface area contributed by atoms with Crippen LogP contribution in [0.3, 0.4) is 0 Å². The van der Waals surface area contributed by atoms with Gasteiger partial charge < -0.3 is 20.7 Å². The molecule has 0 bridgehead atoms. The topological polar surface area (TPSA) is 106 Å². The highest BCUT2D eigenvalue weighted by atomic mass is 19.1. The number of hydrogen-bond acceptors (Lipinski definition) is 8. The summed E-state index contributed by atoms with van der Waals surface area (Å²) in [5.41, 5.74) is 9.52. The number of anilines is 2. The highest BCUT2D eigenvalue weighted by Gasteiger charge is 2.17. The van der Waals surface area contributed by atoms with Gasteiger partial charge in [0.2, 0.25) is 0 Å². The number of aryl methyl sites for hydroxylation is 1. The monoisotopic (exact) mass is 428 g/mol. The normalized spacial score (nSPS) is 15.4. The molecule has 1 aliphatic rings. The molecule has 3 aromatic rings. The number of piperazine rings is 1. The van der Waals surface area contributed by atoms with Gasteiger partial charge in [0.1, 0.15) is 18.6 Å². The largest absolute Gasteiger partial charge is 0.456 e. The Labute approximate surface area is 180 Å². The van der Waals surface area contributed by atoms with Crippen LogP contribution in [-0.2, 0) is 6.42 Å². The van der Waals surface area contributed by atoms with Gasteiger partial charge in [0, 0.05) is 38.8 Å². The maximum Gasteiger partial charge on any atom is 0.336 e. The first-order valence-electron chi connectivity index (χ1n) is 10.7. The van der Waals surface area contributed by atoms with Crippen molar-refractivity contribution in [2.24, 2.45) is 0 Å². The zero-order valence-electron chi connectivity index (χ0n) is 18.0. The van der Waals surface area contributed by atoms with E-state index < -0.39 is 12.8 Å². The van der Waals surface area contributed by atoms with Crippen LogP contribution in [0.1, 0.15) is 36.6 Å². The number of rotatable bonds is 8. The number of fused-ring (bicyclic) bond motifs is 1. The molecule has 4 rings (SSSR count). The lowest BCUT2D eigenvalue weighted by molar-refractivity contribution is 0.139. The van der Waals surface area contributed by atoms with E-state index in [0.29, 0.717) is 18.5 Å². The number of imidazole rings is 1. The molecule has 1 fully saturated rings. The summed E-state index contributed by atoms with van der Waals surface area (Å²) in [6.45, 7) is 7.31. The quantitative estimate of drug-likeness (QED) is 0.561. The SMILES string of the molecule is CCC[C@H](CF)Oc1nc(N)c2ncc(Cc3cnc(N4CCNCC4)c(C)c3)n2n1. The Morgan fingerprint density at radius 3 is 2.77 bits per heavy atom. The average Bonchev–Trinajstić information content (AvgIpc) is 3.17. The summed E-state index contributed by atoms with van der Waals surface area (Å²) in [7, 11) is 0. The molecule has 166 valence electrons. The Kier molecular flexibility index (Phi) is 6.45. The van der Waals surface area contributed by atoms with Crippen molar-refractivity contribution in [2.75, 3.05) is 43.5 Å². The number of nitrogens with one attached hydrogen (secondary N) is 1. The first-order chi connectivity index (χ1) is 15.1. The molecule has 0 radical (unpaired) electrons. The average molecular weight is 429 g/mol. The van der Waals surface area contributed by atoms with Gasteiger partial charge in [0.15, 0.2) is 11.5 Å². The predicted octanol–water partition coefficient (Wildman–Crippen LogP) is 1.93. The van der Waals surface area contributed by atoms with E-state index in [0.717, 1.165) is 55.2 Å². The molecule has 1 aliphatic heterocycles. The maximum absolute atomic E-state index is 13.2. The van der Waals surface area contributed by atoms with Gasteiger partial charge in [-0.1, -0.05) is 19.4 Å². The van der Waals surface area contributed by atoms with Gasteiger partial charge in [-0.25, -0.2) is 18.9 Å². The number of nitrogens with zero attached hydrogens (tertiary/aromatic N) is 6. The number of alkyl halides is 1. The Morgan fingerprint density at radius 2 is 2.06 bits per heavy atom. The molecule has 0 unspecified atom stereocenters. The fourth-order valence-electron chi connectivity index (χ4n) is 3.88. The third-order valence-electron chi connectivity index (χ3n) is 5.40. The Hall–Kier alpha value is -3.01. The summed E-state index contributed by atoms with van der Waals surface area (Å²) in [5, 5.41) is 7.78.